The van der Waals surface area contributed by atoms with Crippen LogP contribution in [0.15, 0.2) is 24.3 Å². The second-order valence-corrected chi connectivity index (χ2v) is 10.4. The van der Waals surface area contributed by atoms with E-state index in [1.807, 2.05) is 0 Å². The molecule has 0 N–H and O–H groups in total. The van der Waals surface area contributed by atoms with Gasteiger partial charge in [-0.2, -0.15) is 13.2 Å². The van der Waals surface area contributed by atoms with E-state index in [0.29, 0.717) is 17.5 Å². The maximum absolute atomic E-state index is 12.8. The molecule has 0 aromatic heterocycles. The molecule has 0 amide bonds. The van der Waals surface area contributed by atoms with Crippen molar-refractivity contribution in [2.75, 3.05) is 42.6 Å². The summed E-state index contributed by atoms with van der Waals surface area (Å²) in [6.45, 7) is 3.51. The number of hydrogen-bond acceptors (Lipinski definition) is 4. The second kappa shape index (κ2) is 6.65. The molecule has 3 saturated heterocycles. The van der Waals surface area contributed by atoms with Gasteiger partial charge in [0.25, 0.3) is 0 Å². The average Bonchev–Trinajstić information content (AvgIpc) is 2.60. The first kappa shape index (κ1) is 19.1. The van der Waals surface area contributed by atoms with Gasteiger partial charge in [-0.25, -0.2) is 8.42 Å². The highest BCUT2D eigenvalue weighted by molar-refractivity contribution is 7.92. The number of benzene rings is 1. The van der Waals surface area contributed by atoms with Crippen LogP contribution in [0.2, 0.25) is 0 Å². The number of piperidine rings is 2. The molecule has 0 unspecified atom stereocenters. The van der Waals surface area contributed by atoms with Gasteiger partial charge in [-0.15, -0.1) is 0 Å². The van der Waals surface area contributed by atoms with Gasteiger partial charge in [0.1, 0.15) is 0 Å². The number of rotatable bonds is 2. The third kappa shape index (κ3) is 3.97. The fourth-order valence-electron chi connectivity index (χ4n) is 4.89. The van der Waals surface area contributed by atoms with Gasteiger partial charge >= 0.3 is 6.18 Å². The van der Waals surface area contributed by atoms with E-state index in [-0.39, 0.29) is 5.41 Å². The molecule has 3 aliphatic rings. The Morgan fingerprint density at radius 1 is 1.00 bits per heavy atom. The molecule has 4 nitrogen and oxygen atoms in total. The minimum Gasteiger partial charge on any atom is -0.370 e. The van der Waals surface area contributed by atoms with Crippen molar-refractivity contribution in [2.24, 2.45) is 5.41 Å². The predicted octanol–water partition coefficient (Wildman–Crippen LogP) is 3.18. The first-order valence-corrected chi connectivity index (χ1v) is 11.3. The quantitative estimate of drug-likeness (QED) is 0.762. The third-order valence-corrected chi connectivity index (χ3v) is 8.49. The minimum atomic E-state index is -4.30. The number of hydrogen-bond donors (Lipinski definition) is 0. The summed E-state index contributed by atoms with van der Waals surface area (Å²) in [5, 5.41) is 0. The SMILES string of the molecule is O=S1(=O)CC2(CCN([C@@H]3CCCN(c4ccc(C(F)(F)F)cc4)C3)CC2)C1. The van der Waals surface area contributed by atoms with Crippen LogP contribution in [0.5, 0.6) is 0 Å². The van der Waals surface area contributed by atoms with Crippen molar-refractivity contribution in [3.05, 3.63) is 29.8 Å². The average molecular weight is 402 g/mol. The lowest BCUT2D eigenvalue weighted by atomic mass is 9.80. The maximum atomic E-state index is 12.8. The fraction of sp³-hybridized carbons (Fsp3) is 0.684. The molecule has 8 heteroatoms. The van der Waals surface area contributed by atoms with Gasteiger partial charge in [-0.1, -0.05) is 0 Å². The summed E-state index contributed by atoms with van der Waals surface area (Å²) in [5.41, 5.74) is 0.236. The number of alkyl halides is 3. The van der Waals surface area contributed by atoms with Crippen LogP contribution >= 0.6 is 0 Å². The summed E-state index contributed by atoms with van der Waals surface area (Å²) in [7, 11) is -2.80. The Bertz CT molecular complexity index is 770. The summed E-state index contributed by atoms with van der Waals surface area (Å²) in [6.07, 6.45) is -0.335. The number of nitrogens with zero attached hydrogens (tertiary/aromatic N) is 2. The molecule has 3 heterocycles. The Kier molecular flexibility index (Phi) is 4.70. The number of halogens is 3. The van der Waals surface area contributed by atoms with Gasteiger partial charge in [0.2, 0.25) is 0 Å². The standard InChI is InChI=1S/C19H25F3N2O2S/c20-19(21,22)15-3-5-16(6-4-15)24-9-1-2-17(12-24)23-10-7-18(8-11-23)13-27(25,26)14-18/h3-6,17H,1-2,7-14H2/t17-/m1/s1. The molecule has 150 valence electrons. The lowest BCUT2D eigenvalue weighted by Gasteiger charge is -2.50. The summed E-state index contributed by atoms with van der Waals surface area (Å²) < 4.78 is 61.3. The Balaban J connectivity index is 1.36. The molecular weight excluding hydrogens is 377 g/mol. The van der Waals surface area contributed by atoms with Crippen LogP contribution in [-0.4, -0.2) is 57.0 Å². The molecule has 1 atom stereocenters. The zero-order chi connectivity index (χ0) is 19.3. The van der Waals surface area contributed by atoms with Crippen LogP contribution < -0.4 is 4.90 Å². The van der Waals surface area contributed by atoms with E-state index in [1.165, 1.54) is 0 Å². The highest BCUT2D eigenvalue weighted by Gasteiger charge is 2.50. The third-order valence-electron chi connectivity index (χ3n) is 6.38. The van der Waals surface area contributed by atoms with Gasteiger partial charge < -0.3 is 4.90 Å². The van der Waals surface area contributed by atoms with Gasteiger partial charge in [-0.3, -0.25) is 4.90 Å². The van der Waals surface area contributed by atoms with Crippen LogP contribution in [0.3, 0.4) is 0 Å². The summed E-state index contributed by atoms with van der Waals surface area (Å²) in [4.78, 5) is 4.62. The molecule has 1 aromatic rings. The van der Waals surface area contributed by atoms with Gasteiger partial charge in [0.15, 0.2) is 9.84 Å². The highest BCUT2D eigenvalue weighted by atomic mass is 32.2. The van der Waals surface area contributed by atoms with Crippen LogP contribution in [0.25, 0.3) is 0 Å². The molecule has 1 spiro atoms. The van der Waals surface area contributed by atoms with Crippen molar-refractivity contribution in [1.82, 2.24) is 4.90 Å². The van der Waals surface area contributed by atoms with Crippen molar-refractivity contribution < 1.29 is 21.6 Å². The topological polar surface area (TPSA) is 40.6 Å². The maximum Gasteiger partial charge on any atom is 0.416 e. The molecular formula is C19H25F3N2O2S. The largest absolute Gasteiger partial charge is 0.416 e. The van der Waals surface area contributed by atoms with Gasteiger partial charge in [0.05, 0.1) is 17.1 Å². The van der Waals surface area contributed by atoms with E-state index in [9.17, 15) is 21.6 Å². The molecule has 0 bridgehead atoms. The molecule has 0 radical (unpaired) electrons. The van der Waals surface area contributed by atoms with Crippen LogP contribution in [0.1, 0.15) is 31.2 Å². The summed E-state index contributed by atoms with van der Waals surface area (Å²) in [6, 6.07) is 5.82. The Labute approximate surface area is 158 Å². The molecule has 3 fully saturated rings. The van der Waals surface area contributed by atoms with Crippen molar-refractivity contribution in [3.63, 3.8) is 0 Å². The number of anilines is 1. The second-order valence-electron chi connectivity index (χ2n) is 8.35. The lowest BCUT2D eigenvalue weighted by Crippen LogP contribution is -2.58. The van der Waals surface area contributed by atoms with E-state index in [2.05, 4.69) is 9.80 Å². The molecule has 3 aliphatic heterocycles. The predicted molar refractivity (Wildman–Crippen MR) is 98.6 cm³/mol. The van der Waals surface area contributed by atoms with Crippen molar-refractivity contribution in [1.29, 1.82) is 0 Å². The fourth-order valence-corrected chi connectivity index (χ4v) is 7.25. The Morgan fingerprint density at radius 2 is 1.63 bits per heavy atom. The first-order chi connectivity index (χ1) is 12.7. The van der Waals surface area contributed by atoms with E-state index in [4.69, 9.17) is 0 Å². The minimum absolute atomic E-state index is 0.0110. The summed E-state index contributed by atoms with van der Waals surface area (Å²) in [5.74, 6) is 0.687. The monoisotopic (exact) mass is 402 g/mol. The molecule has 0 saturated carbocycles. The van der Waals surface area contributed by atoms with Gasteiger partial charge in [0, 0.05) is 30.2 Å². The lowest BCUT2D eigenvalue weighted by molar-refractivity contribution is -0.137. The summed E-state index contributed by atoms with van der Waals surface area (Å²) >= 11 is 0. The normalized spacial score (nSPS) is 28.1. The molecule has 27 heavy (non-hydrogen) atoms. The van der Waals surface area contributed by atoms with E-state index in [1.54, 1.807) is 12.1 Å². The number of sulfone groups is 1. The van der Waals surface area contributed by atoms with Gasteiger partial charge in [-0.05, 0) is 63.0 Å². The van der Waals surface area contributed by atoms with Crippen molar-refractivity contribution >= 4 is 15.5 Å². The Hall–Kier alpha value is -1.28. The van der Waals surface area contributed by atoms with E-state index in [0.717, 1.165) is 69.7 Å². The molecule has 1 aromatic carbocycles. The zero-order valence-electron chi connectivity index (χ0n) is 15.2. The highest BCUT2D eigenvalue weighted by Crippen LogP contribution is 2.43. The van der Waals surface area contributed by atoms with Crippen molar-refractivity contribution in [3.8, 4) is 0 Å². The van der Waals surface area contributed by atoms with E-state index < -0.39 is 21.6 Å². The number of likely N-dealkylation sites (tertiary alicyclic amines) is 1. The van der Waals surface area contributed by atoms with E-state index >= 15 is 0 Å². The van der Waals surface area contributed by atoms with Crippen LogP contribution in [0, 0.1) is 5.41 Å². The molecule has 4 rings (SSSR count). The first-order valence-electron chi connectivity index (χ1n) is 9.53. The van der Waals surface area contributed by atoms with Crippen LogP contribution in [-0.2, 0) is 16.0 Å². The zero-order valence-corrected chi connectivity index (χ0v) is 16.0. The van der Waals surface area contributed by atoms with Crippen molar-refractivity contribution in [2.45, 2.75) is 37.9 Å². The van der Waals surface area contributed by atoms with Crippen LogP contribution in [0.4, 0.5) is 18.9 Å². The Morgan fingerprint density at radius 3 is 2.19 bits per heavy atom. The molecule has 0 aliphatic carbocycles. The smallest absolute Gasteiger partial charge is 0.370 e.